The third-order valence-corrected chi connectivity index (χ3v) is 4.65. The van der Waals surface area contributed by atoms with Gasteiger partial charge < -0.3 is 10.5 Å². The van der Waals surface area contributed by atoms with Gasteiger partial charge in [-0.2, -0.15) is 0 Å². The molecule has 0 bridgehead atoms. The van der Waals surface area contributed by atoms with Gasteiger partial charge in [-0.1, -0.05) is 30.3 Å². The maximum absolute atomic E-state index is 12.0. The molecule has 2 aromatic carbocycles. The second-order valence-electron chi connectivity index (χ2n) is 4.37. The van der Waals surface area contributed by atoms with Crippen LogP contribution in [0.25, 0.3) is 0 Å². The molecule has 0 unspecified atom stereocenters. The first-order valence-electron chi connectivity index (χ1n) is 6.35. The van der Waals surface area contributed by atoms with Crippen molar-refractivity contribution in [1.82, 2.24) is 0 Å². The third-order valence-electron chi connectivity index (χ3n) is 2.84. The molecule has 2 aromatic rings. The molecule has 2 N–H and O–H groups in total. The van der Waals surface area contributed by atoms with Gasteiger partial charge >= 0.3 is 0 Å². The maximum atomic E-state index is 12.0. The van der Waals surface area contributed by atoms with Gasteiger partial charge in [0, 0.05) is 0 Å². The van der Waals surface area contributed by atoms with Crippen molar-refractivity contribution < 1.29 is 13.2 Å². The Morgan fingerprint density at radius 3 is 2.30 bits per heavy atom. The van der Waals surface area contributed by atoms with Gasteiger partial charge in [-0.15, -0.1) is 0 Å². The summed E-state index contributed by atoms with van der Waals surface area (Å²) in [4.78, 5) is 0.347. The molecule has 0 aromatic heterocycles. The average molecular weight is 291 g/mol. The first-order valence-corrected chi connectivity index (χ1v) is 8.00. The van der Waals surface area contributed by atoms with Gasteiger partial charge in [0.05, 0.1) is 22.9 Å². The highest BCUT2D eigenvalue weighted by molar-refractivity contribution is 7.91. The lowest BCUT2D eigenvalue weighted by Gasteiger charge is -2.08. The van der Waals surface area contributed by atoms with Crippen molar-refractivity contribution in [2.45, 2.75) is 11.3 Å². The largest absolute Gasteiger partial charge is 0.491 e. The van der Waals surface area contributed by atoms with Crippen LogP contribution in [0.4, 0.5) is 5.69 Å². The quantitative estimate of drug-likeness (QED) is 0.656. The molecule has 2 rings (SSSR count). The average Bonchev–Trinajstić information content (AvgIpc) is 2.46. The lowest BCUT2D eigenvalue weighted by Crippen LogP contribution is -2.10. The minimum Gasteiger partial charge on any atom is -0.491 e. The number of benzene rings is 2. The Morgan fingerprint density at radius 2 is 1.60 bits per heavy atom. The molecule has 0 aliphatic carbocycles. The molecular weight excluding hydrogens is 274 g/mol. The predicted molar refractivity (Wildman–Crippen MR) is 79.5 cm³/mol. The molecule has 0 amide bonds. The lowest BCUT2D eigenvalue weighted by atomic mass is 10.3. The summed E-state index contributed by atoms with van der Waals surface area (Å²) in [5.41, 5.74) is 6.29. The normalized spacial score (nSPS) is 11.2. The molecule has 106 valence electrons. The molecule has 0 radical (unpaired) electrons. The summed E-state index contributed by atoms with van der Waals surface area (Å²) in [6.45, 7) is 0.320. The van der Waals surface area contributed by atoms with Gasteiger partial charge in [0.2, 0.25) is 0 Å². The number of ether oxygens (including phenoxy) is 1. The Kier molecular flexibility index (Phi) is 4.63. The minimum absolute atomic E-state index is 0.0593. The van der Waals surface area contributed by atoms with Crippen LogP contribution in [0.15, 0.2) is 59.5 Å². The van der Waals surface area contributed by atoms with E-state index in [-0.39, 0.29) is 5.75 Å². The molecule has 0 aliphatic heterocycles. The molecule has 0 saturated heterocycles. The zero-order chi connectivity index (χ0) is 14.4. The van der Waals surface area contributed by atoms with Crippen LogP contribution in [0, 0.1) is 0 Å². The minimum atomic E-state index is -3.24. The van der Waals surface area contributed by atoms with Crippen LogP contribution in [-0.2, 0) is 9.84 Å². The molecule has 0 fully saturated rings. The smallest absolute Gasteiger partial charge is 0.178 e. The van der Waals surface area contributed by atoms with Crippen LogP contribution in [0.2, 0.25) is 0 Å². The predicted octanol–water partition coefficient (Wildman–Crippen LogP) is 2.51. The summed E-state index contributed by atoms with van der Waals surface area (Å²) in [5.74, 6) is 0.647. The highest BCUT2D eigenvalue weighted by Crippen LogP contribution is 2.20. The van der Waals surface area contributed by atoms with Crippen LogP contribution in [0.3, 0.4) is 0 Å². The Balaban J connectivity index is 1.86. The Morgan fingerprint density at radius 1 is 0.950 bits per heavy atom. The molecule has 0 saturated carbocycles. The molecule has 0 spiro atoms. The molecule has 5 heteroatoms. The molecular formula is C15H17NO3S. The van der Waals surface area contributed by atoms with E-state index in [0.29, 0.717) is 29.4 Å². The zero-order valence-electron chi connectivity index (χ0n) is 11.0. The van der Waals surface area contributed by atoms with Crippen molar-refractivity contribution >= 4 is 15.5 Å². The second-order valence-corrected chi connectivity index (χ2v) is 6.48. The number of hydrogen-bond acceptors (Lipinski definition) is 4. The fraction of sp³-hybridized carbons (Fsp3) is 0.200. The Labute approximate surface area is 119 Å². The fourth-order valence-electron chi connectivity index (χ4n) is 1.79. The van der Waals surface area contributed by atoms with Gasteiger partial charge in [0.1, 0.15) is 5.75 Å². The Bertz CT molecular complexity index is 654. The van der Waals surface area contributed by atoms with Crippen LogP contribution >= 0.6 is 0 Å². The number of para-hydroxylation sites is 2. The second kappa shape index (κ2) is 6.43. The standard InChI is InChI=1S/C15H17NO3S/c16-14-9-4-5-10-15(14)19-11-6-12-20(17,18)13-7-2-1-3-8-13/h1-5,7-10H,6,11-12,16H2. The van der Waals surface area contributed by atoms with Gasteiger partial charge in [0.15, 0.2) is 9.84 Å². The number of anilines is 1. The first kappa shape index (κ1) is 14.4. The van der Waals surface area contributed by atoms with Crippen LogP contribution < -0.4 is 10.5 Å². The third kappa shape index (κ3) is 3.74. The number of sulfone groups is 1. The number of hydrogen-bond donors (Lipinski definition) is 1. The van der Waals surface area contributed by atoms with Gasteiger partial charge in [-0.3, -0.25) is 0 Å². The van der Waals surface area contributed by atoms with Gasteiger partial charge in [-0.25, -0.2) is 8.42 Å². The van der Waals surface area contributed by atoms with Gasteiger partial charge in [0.25, 0.3) is 0 Å². The van der Waals surface area contributed by atoms with Crippen molar-refractivity contribution in [1.29, 1.82) is 0 Å². The van der Waals surface area contributed by atoms with Crippen LogP contribution in [0.1, 0.15) is 6.42 Å². The van der Waals surface area contributed by atoms with Crippen LogP contribution in [0.5, 0.6) is 5.75 Å². The van der Waals surface area contributed by atoms with Crippen LogP contribution in [-0.4, -0.2) is 20.8 Å². The molecule has 0 atom stereocenters. The van der Waals surface area contributed by atoms with E-state index in [1.54, 1.807) is 42.5 Å². The fourth-order valence-corrected chi connectivity index (χ4v) is 3.09. The van der Waals surface area contributed by atoms with E-state index in [0.717, 1.165) is 0 Å². The van der Waals surface area contributed by atoms with Crippen molar-refractivity contribution in [2.24, 2.45) is 0 Å². The van der Waals surface area contributed by atoms with Gasteiger partial charge in [-0.05, 0) is 30.7 Å². The highest BCUT2D eigenvalue weighted by Gasteiger charge is 2.13. The van der Waals surface area contributed by atoms with E-state index < -0.39 is 9.84 Å². The van der Waals surface area contributed by atoms with E-state index in [1.165, 1.54) is 0 Å². The van der Waals surface area contributed by atoms with Crippen molar-refractivity contribution in [3.05, 3.63) is 54.6 Å². The summed E-state index contributed by atoms with van der Waals surface area (Å²) in [7, 11) is -3.24. The zero-order valence-corrected chi connectivity index (χ0v) is 11.8. The molecule has 4 nitrogen and oxygen atoms in total. The summed E-state index contributed by atoms with van der Waals surface area (Å²) >= 11 is 0. The van der Waals surface area contributed by atoms with E-state index in [2.05, 4.69) is 0 Å². The van der Waals surface area contributed by atoms with E-state index in [1.807, 2.05) is 12.1 Å². The Hall–Kier alpha value is -2.01. The number of rotatable bonds is 6. The van der Waals surface area contributed by atoms with Crippen molar-refractivity contribution in [3.8, 4) is 5.75 Å². The lowest BCUT2D eigenvalue weighted by molar-refractivity contribution is 0.319. The first-order chi connectivity index (χ1) is 9.59. The van der Waals surface area contributed by atoms with E-state index >= 15 is 0 Å². The molecule has 0 heterocycles. The summed E-state index contributed by atoms with van der Waals surface area (Å²) in [6.07, 6.45) is 0.422. The summed E-state index contributed by atoms with van der Waals surface area (Å²) in [6, 6.07) is 15.6. The SMILES string of the molecule is Nc1ccccc1OCCCS(=O)(=O)c1ccccc1. The summed E-state index contributed by atoms with van der Waals surface area (Å²) < 4.78 is 29.5. The van der Waals surface area contributed by atoms with E-state index in [9.17, 15) is 8.42 Å². The number of nitrogen functional groups attached to an aromatic ring is 1. The van der Waals surface area contributed by atoms with Crippen molar-refractivity contribution in [2.75, 3.05) is 18.1 Å². The topological polar surface area (TPSA) is 69.4 Å². The molecule has 20 heavy (non-hydrogen) atoms. The van der Waals surface area contributed by atoms with Crippen molar-refractivity contribution in [3.63, 3.8) is 0 Å². The summed E-state index contributed by atoms with van der Waals surface area (Å²) in [5, 5.41) is 0. The monoisotopic (exact) mass is 291 g/mol. The molecule has 0 aliphatic rings. The highest BCUT2D eigenvalue weighted by atomic mass is 32.2. The van der Waals surface area contributed by atoms with E-state index in [4.69, 9.17) is 10.5 Å². The number of nitrogens with two attached hydrogens (primary N) is 1. The maximum Gasteiger partial charge on any atom is 0.178 e.